The zero-order chi connectivity index (χ0) is 17.7. The van der Waals surface area contributed by atoms with Crippen LogP contribution in [0.2, 0.25) is 0 Å². The number of nitrogens with one attached hydrogen (secondary N) is 1. The van der Waals surface area contributed by atoms with E-state index in [1.54, 1.807) is 12.1 Å². The first-order valence-corrected chi connectivity index (χ1v) is 8.81. The Morgan fingerprint density at radius 3 is 2.46 bits per heavy atom. The number of hydrogen-bond acceptors (Lipinski definition) is 1. The van der Waals surface area contributed by atoms with Crippen LogP contribution in [0.5, 0.6) is 0 Å². The van der Waals surface area contributed by atoms with Gasteiger partial charge in [0.25, 0.3) is 5.91 Å². The molecule has 2 aromatic rings. The maximum Gasteiger partial charge on any atom is 0.279 e. The number of amides is 1. The number of halogens is 2. The van der Waals surface area contributed by atoms with Crippen LogP contribution in [0.3, 0.4) is 0 Å². The van der Waals surface area contributed by atoms with Gasteiger partial charge >= 0.3 is 0 Å². The maximum atomic E-state index is 13.1. The molecule has 0 radical (unpaired) electrons. The molecule has 2 aromatic carbocycles. The SMILES string of the molecule is Cc1ccc(NC(=O)C[NH2+][C@@H](c2ccc(F)cc2)C(C)C)c(Br)c1. The Morgan fingerprint density at radius 1 is 1.21 bits per heavy atom. The number of anilines is 1. The van der Waals surface area contributed by atoms with E-state index in [1.165, 1.54) is 12.1 Å². The summed E-state index contributed by atoms with van der Waals surface area (Å²) in [5, 5.41) is 4.91. The average molecular weight is 394 g/mol. The van der Waals surface area contributed by atoms with Crippen LogP contribution in [-0.4, -0.2) is 12.5 Å². The monoisotopic (exact) mass is 393 g/mol. The van der Waals surface area contributed by atoms with Crippen LogP contribution in [-0.2, 0) is 4.79 Å². The van der Waals surface area contributed by atoms with Crippen LogP contribution >= 0.6 is 15.9 Å². The first kappa shape index (κ1) is 18.6. The standard InChI is InChI=1S/C19H22BrFN2O/c1-12(2)19(14-5-7-15(21)8-6-14)22-11-18(24)23-17-9-4-13(3)10-16(17)20/h4-10,12,19,22H,11H2,1-3H3,(H,23,24)/p+1/t19-/m1/s1. The van der Waals surface area contributed by atoms with Crippen molar-refractivity contribution in [3.8, 4) is 0 Å². The van der Waals surface area contributed by atoms with E-state index < -0.39 is 0 Å². The molecule has 128 valence electrons. The van der Waals surface area contributed by atoms with Gasteiger partial charge in [-0.3, -0.25) is 4.79 Å². The second-order valence-corrected chi connectivity index (χ2v) is 7.15. The quantitative estimate of drug-likeness (QED) is 0.770. The third-order valence-electron chi connectivity index (χ3n) is 3.93. The maximum absolute atomic E-state index is 13.1. The van der Waals surface area contributed by atoms with Gasteiger partial charge in [-0.1, -0.05) is 32.0 Å². The summed E-state index contributed by atoms with van der Waals surface area (Å²) in [4.78, 5) is 12.2. The predicted molar refractivity (Wildman–Crippen MR) is 98.3 cm³/mol. The summed E-state index contributed by atoms with van der Waals surface area (Å²) in [7, 11) is 0. The molecule has 0 unspecified atom stereocenters. The van der Waals surface area contributed by atoms with Crippen molar-refractivity contribution in [1.82, 2.24) is 0 Å². The summed E-state index contributed by atoms with van der Waals surface area (Å²) in [5.41, 5.74) is 2.92. The third kappa shape index (κ3) is 5.14. The predicted octanol–water partition coefficient (Wildman–Crippen LogP) is 3.80. The van der Waals surface area contributed by atoms with Crippen molar-refractivity contribution in [1.29, 1.82) is 0 Å². The smallest absolute Gasteiger partial charge is 0.279 e. The lowest BCUT2D eigenvalue weighted by molar-refractivity contribution is -0.692. The Morgan fingerprint density at radius 2 is 1.88 bits per heavy atom. The molecule has 0 fully saturated rings. The Labute approximate surface area is 150 Å². The van der Waals surface area contributed by atoms with E-state index in [9.17, 15) is 9.18 Å². The van der Waals surface area contributed by atoms with Crippen molar-refractivity contribution < 1.29 is 14.5 Å². The molecule has 5 heteroatoms. The summed E-state index contributed by atoms with van der Waals surface area (Å²) < 4.78 is 14.0. The second-order valence-electron chi connectivity index (χ2n) is 6.29. The van der Waals surface area contributed by atoms with Crippen molar-refractivity contribution in [2.45, 2.75) is 26.8 Å². The van der Waals surface area contributed by atoms with E-state index in [-0.39, 0.29) is 17.8 Å². The molecule has 0 aromatic heterocycles. The number of aryl methyl sites for hydroxylation is 1. The fourth-order valence-electron chi connectivity index (χ4n) is 2.63. The number of nitrogens with two attached hydrogens (primary N) is 1. The highest BCUT2D eigenvalue weighted by atomic mass is 79.9. The van der Waals surface area contributed by atoms with Crippen LogP contribution in [0, 0.1) is 18.7 Å². The van der Waals surface area contributed by atoms with Crippen molar-refractivity contribution >= 4 is 27.5 Å². The fraction of sp³-hybridized carbons (Fsp3) is 0.316. The van der Waals surface area contributed by atoms with Crippen LogP contribution < -0.4 is 10.6 Å². The Balaban J connectivity index is 1.98. The number of quaternary nitrogens is 1. The minimum absolute atomic E-state index is 0.0627. The molecule has 0 aliphatic rings. The number of benzene rings is 2. The number of rotatable bonds is 6. The highest BCUT2D eigenvalue weighted by Gasteiger charge is 2.20. The lowest BCUT2D eigenvalue weighted by Gasteiger charge is -2.19. The molecule has 0 aliphatic heterocycles. The molecule has 2 rings (SSSR count). The van der Waals surface area contributed by atoms with Gasteiger partial charge in [0.1, 0.15) is 11.9 Å². The van der Waals surface area contributed by atoms with Crippen molar-refractivity contribution in [2.24, 2.45) is 5.92 Å². The van der Waals surface area contributed by atoms with E-state index >= 15 is 0 Å². The van der Waals surface area contributed by atoms with E-state index in [2.05, 4.69) is 35.1 Å². The van der Waals surface area contributed by atoms with Gasteiger partial charge < -0.3 is 10.6 Å². The first-order valence-electron chi connectivity index (χ1n) is 8.01. The lowest BCUT2D eigenvalue weighted by Crippen LogP contribution is -2.88. The van der Waals surface area contributed by atoms with Crippen molar-refractivity contribution in [2.75, 3.05) is 11.9 Å². The summed E-state index contributed by atoms with van der Waals surface area (Å²) >= 11 is 3.46. The van der Waals surface area contributed by atoms with Crippen LogP contribution in [0.1, 0.15) is 31.0 Å². The van der Waals surface area contributed by atoms with Gasteiger partial charge in [0, 0.05) is 16.0 Å². The van der Waals surface area contributed by atoms with Gasteiger partial charge in [-0.2, -0.15) is 0 Å². The van der Waals surface area contributed by atoms with Gasteiger partial charge in [0.2, 0.25) is 0 Å². The topological polar surface area (TPSA) is 45.7 Å². The number of carbonyl (C=O) groups excluding carboxylic acids is 1. The van der Waals surface area contributed by atoms with Gasteiger partial charge in [-0.05, 0) is 52.7 Å². The van der Waals surface area contributed by atoms with Gasteiger partial charge in [0.05, 0.1) is 5.69 Å². The Kier molecular flexibility index (Phi) is 6.52. The fourth-order valence-corrected chi connectivity index (χ4v) is 3.23. The Bertz CT molecular complexity index is 701. The van der Waals surface area contributed by atoms with Gasteiger partial charge in [0.15, 0.2) is 6.54 Å². The summed E-state index contributed by atoms with van der Waals surface area (Å²) in [5.74, 6) is 0.0184. The Hall–Kier alpha value is -1.72. The highest BCUT2D eigenvalue weighted by Crippen LogP contribution is 2.23. The molecule has 0 saturated heterocycles. The van der Waals surface area contributed by atoms with Crippen LogP contribution in [0.25, 0.3) is 0 Å². The van der Waals surface area contributed by atoms with E-state index in [4.69, 9.17) is 0 Å². The number of carbonyl (C=O) groups is 1. The number of hydrogen-bond donors (Lipinski definition) is 2. The van der Waals surface area contributed by atoms with Crippen LogP contribution in [0.15, 0.2) is 46.9 Å². The summed E-state index contributed by atoms with van der Waals surface area (Å²) in [6.45, 7) is 6.50. The normalized spacial score (nSPS) is 12.2. The summed E-state index contributed by atoms with van der Waals surface area (Å²) in [6, 6.07) is 12.4. The van der Waals surface area contributed by atoms with Gasteiger partial charge in [-0.25, -0.2) is 4.39 Å². The first-order chi connectivity index (χ1) is 11.4. The van der Waals surface area contributed by atoms with Crippen LogP contribution in [0.4, 0.5) is 10.1 Å². The van der Waals surface area contributed by atoms with Crippen molar-refractivity contribution in [3.05, 3.63) is 63.9 Å². The molecule has 0 heterocycles. The molecule has 3 N–H and O–H groups in total. The molecular weight excluding hydrogens is 371 g/mol. The summed E-state index contributed by atoms with van der Waals surface area (Å²) in [6.07, 6.45) is 0. The molecule has 1 amide bonds. The van der Waals surface area contributed by atoms with E-state index in [0.29, 0.717) is 12.5 Å². The zero-order valence-corrected chi connectivity index (χ0v) is 15.7. The minimum atomic E-state index is -0.247. The molecular formula is C19H23BrFN2O+. The molecule has 24 heavy (non-hydrogen) atoms. The third-order valence-corrected chi connectivity index (χ3v) is 4.59. The van der Waals surface area contributed by atoms with E-state index in [0.717, 1.165) is 21.3 Å². The second kappa shape index (κ2) is 8.40. The average Bonchev–Trinajstić information content (AvgIpc) is 2.52. The van der Waals surface area contributed by atoms with Gasteiger partial charge in [-0.15, -0.1) is 0 Å². The minimum Gasteiger partial charge on any atom is -0.332 e. The molecule has 0 spiro atoms. The van der Waals surface area contributed by atoms with E-state index in [1.807, 2.05) is 30.4 Å². The molecule has 1 atom stereocenters. The zero-order valence-electron chi connectivity index (χ0n) is 14.1. The molecule has 0 aliphatic carbocycles. The van der Waals surface area contributed by atoms with Crippen molar-refractivity contribution in [3.63, 3.8) is 0 Å². The lowest BCUT2D eigenvalue weighted by atomic mass is 9.96. The largest absolute Gasteiger partial charge is 0.332 e. The highest BCUT2D eigenvalue weighted by molar-refractivity contribution is 9.10. The molecule has 3 nitrogen and oxygen atoms in total. The molecule has 0 saturated carbocycles. The molecule has 0 bridgehead atoms.